The van der Waals surface area contributed by atoms with Gasteiger partial charge in [-0.2, -0.15) is 0 Å². The van der Waals surface area contributed by atoms with Crippen LogP contribution in [0.3, 0.4) is 0 Å². The van der Waals surface area contributed by atoms with Crippen molar-refractivity contribution in [1.82, 2.24) is 19.9 Å². The summed E-state index contributed by atoms with van der Waals surface area (Å²) in [4.78, 5) is 27.2. The Hall–Kier alpha value is -7.32. The maximum Gasteiger partial charge on any atom is 0.0737 e. The summed E-state index contributed by atoms with van der Waals surface area (Å²) in [6.07, 6.45) is 8.61. The summed E-state index contributed by atoms with van der Waals surface area (Å²) in [5.41, 5.74) is 20.4. The summed E-state index contributed by atoms with van der Waals surface area (Å²) in [6, 6.07) is 43.6. The Kier molecular flexibility index (Phi) is 9.84. The minimum Gasteiger partial charge on any atom is -0.378 e. The van der Waals surface area contributed by atoms with E-state index in [-0.39, 0.29) is 0 Å². The van der Waals surface area contributed by atoms with Crippen LogP contribution in [-0.4, -0.2) is 76.3 Å². The van der Waals surface area contributed by atoms with Crippen molar-refractivity contribution in [2.24, 2.45) is 0 Å². The van der Waals surface area contributed by atoms with Gasteiger partial charge in [-0.3, -0.25) is 0 Å². The van der Waals surface area contributed by atoms with Crippen LogP contribution < -0.4 is 19.6 Å². The van der Waals surface area contributed by atoms with Crippen molar-refractivity contribution < 1.29 is 0 Å². The number of rotatable bonds is 8. The maximum atomic E-state index is 5.49. The van der Waals surface area contributed by atoms with Crippen LogP contribution in [0, 0.1) is 0 Å². The van der Waals surface area contributed by atoms with E-state index < -0.39 is 0 Å². The summed E-state index contributed by atoms with van der Waals surface area (Å²) < 4.78 is 0. The number of H-pyrrole nitrogens is 2. The number of hydrogen-bond acceptors (Lipinski definition) is 6. The molecule has 2 aliphatic rings. The Balaban J connectivity index is 1.42. The lowest BCUT2D eigenvalue weighted by Gasteiger charge is -2.14. The molecule has 0 unspecified atom stereocenters. The lowest BCUT2D eigenvalue weighted by atomic mass is 10.0. The van der Waals surface area contributed by atoms with Gasteiger partial charge in [0.2, 0.25) is 0 Å². The van der Waals surface area contributed by atoms with Crippen LogP contribution in [0.5, 0.6) is 0 Å². The molecule has 8 nitrogen and oxygen atoms in total. The van der Waals surface area contributed by atoms with E-state index in [1.54, 1.807) is 0 Å². The van der Waals surface area contributed by atoms with Gasteiger partial charge in [0.05, 0.1) is 22.8 Å². The van der Waals surface area contributed by atoms with Crippen molar-refractivity contribution in [3.63, 3.8) is 0 Å². The molecule has 298 valence electrons. The number of aromatic amines is 2. The number of benzene rings is 4. The first-order valence-corrected chi connectivity index (χ1v) is 20.3. The third-order valence-corrected chi connectivity index (χ3v) is 11.4. The molecule has 0 atom stereocenters. The zero-order valence-electron chi connectivity index (χ0n) is 35.5. The molecule has 0 saturated heterocycles. The van der Waals surface area contributed by atoms with Crippen LogP contribution in [-0.2, 0) is 0 Å². The monoisotopic (exact) mass is 786 g/mol. The van der Waals surface area contributed by atoms with E-state index in [1.807, 2.05) is 0 Å². The molecule has 0 radical (unpaired) electrons. The second kappa shape index (κ2) is 15.5. The normalized spacial score (nSPS) is 11.9. The van der Waals surface area contributed by atoms with Crippen molar-refractivity contribution >= 4 is 69.1 Å². The molecule has 4 aromatic carbocycles. The van der Waals surface area contributed by atoms with Crippen LogP contribution in [0.1, 0.15) is 22.8 Å². The van der Waals surface area contributed by atoms with Crippen LogP contribution in [0.4, 0.5) is 22.7 Å². The largest absolute Gasteiger partial charge is 0.378 e. The summed E-state index contributed by atoms with van der Waals surface area (Å²) in [7, 11) is 16.5. The Morgan fingerprint density at radius 3 is 0.667 bits per heavy atom. The van der Waals surface area contributed by atoms with E-state index in [0.717, 1.165) is 112 Å². The SMILES string of the molecule is CN(C)c1ccc(-c2c3nc(c(-c4ccc(N(C)C)cc4)c4ccc([nH]4)c(-c4ccc(N(C)C)cc4)c4nc(c(-c5ccc(N(C)C)cc5)c5ccc2[nH]5)C=C4)C=C3)cc1. The highest BCUT2D eigenvalue weighted by atomic mass is 15.1. The summed E-state index contributed by atoms with van der Waals surface area (Å²) in [5, 5.41) is 0. The average Bonchev–Trinajstić information content (AvgIpc) is 4.10. The zero-order valence-corrected chi connectivity index (χ0v) is 35.5. The summed E-state index contributed by atoms with van der Waals surface area (Å²) >= 11 is 0. The van der Waals surface area contributed by atoms with E-state index in [0.29, 0.717) is 0 Å². The van der Waals surface area contributed by atoms with E-state index in [2.05, 4.69) is 232 Å². The van der Waals surface area contributed by atoms with E-state index in [1.165, 1.54) is 0 Å². The standard InChI is InChI=1S/C52H50N8/c1-57(2)37-17-9-33(10-18-37)49-41-25-27-43(53-41)50(34-11-19-38(20-12-34)58(3)4)45-29-31-47(55-45)52(36-15-23-40(24-16-36)60(7)8)48-32-30-46(56-48)51(44-28-26-42(49)54-44)35-13-21-39(22-14-35)59(5)6/h9-32,53,56H,1-8H3. The molecule has 8 heteroatoms. The van der Waals surface area contributed by atoms with Gasteiger partial charge in [0.1, 0.15) is 0 Å². The third-order valence-electron chi connectivity index (χ3n) is 11.4. The van der Waals surface area contributed by atoms with Crippen molar-refractivity contribution in [2.45, 2.75) is 0 Å². The molecule has 3 aromatic heterocycles. The number of anilines is 4. The number of nitrogens with zero attached hydrogens (tertiary/aromatic N) is 6. The molecule has 7 aromatic rings. The second-order valence-electron chi connectivity index (χ2n) is 16.3. The van der Waals surface area contributed by atoms with Gasteiger partial charge in [-0.15, -0.1) is 0 Å². The number of fused-ring (bicyclic) bond motifs is 8. The Bertz CT molecular complexity index is 2550. The van der Waals surface area contributed by atoms with Crippen LogP contribution in [0.15, 0.2) is 121 Å². The first-order valence-electron chi connectivity index (χ1n) is 20.3. The first kappa shape index (κ1) is 38.2. The molecule has 0 aliphatic carbocycles. The number of nitrogens with one attached hydrogen (secondary N) is 2. The topological polar surface area (TPSA) is 70.3 Å². The smallest absolute Gasteiger partial charge is 0.0737 e. The molecule has 0 amide bonds. The van der Waals surface area contributed by atoms with Crippen LogP contribution >= 0.6 is 0 Å². The molecular weight excluding hydrogens is 737 g/mol. The fraction of sp³-hybridized carbons (Fsp3) is 0.154. The van der Waals surface area contributed by atoms with Gasteiger partial charge in [0.25, 0.3) is 0 Å². The Morgan fingerprint density at radius 2 is 0.483 bits per heavy atom. The quantitative estimate of drug-likeness (QED) is 0.160. The minimum absolute atomic E-state index is 0.885. The molecular formula is C52H50N8. The van der Waals surface area contributed by atoms with Crippen LogP contribution in [0.25, 0.3) is 90.9 Å². The fourth-order valence-electron chi connectivity index (χ4n) is 8.13. The molecule has 60 heavy (non-hydrogen) atoms. The zero-order chi connectivity index (χ0) is 41.7. The summed E-state index contributed by atoms with van der Waals surface area (Å²) in [6.45, 7) is 0. The Labute approximate surface area is 352 Å². The van der Waals surface area contributed by atoms with Gasteiger partial charge in [0, 0.05) is 123 Å². The summed E-state index contributed by atoms with van der Waals surface area (Å²) in [5.74, 6) is 0. The molecule has 8 bridgehead atoms. The van der Waals surface area contributed by atoms with E-state index >= 15 is 0 Å². The predicted molar refractivity (Wildman–Crippen MR) is 258 cm³/mol. The predicted octanol–water partition coefficient (Wildman–Crippen LogP) is 11.6. The highest BCUT2D eigenvalue weighted by Crippen LogP contribution is 2.39. The van der Waals surface area contributed by atoms with Crippen molar-refractivity contribution in [2.75, 3.05) is 76.0 Å². The van der Waals surface area contributed by atoms with Gasteiger partial charge in [-0.05, 0) is 119 Å². The fourth-order valence-corrected chi connectivity index (χ4v) is 8.13. The van der Waals surface area contributed by atoms with Gasteiger partial charge < -0.3 is 29.6 Å². The lowest BCUT2D eigenvalue weighted by Crippen LogP contribution is -2.08. The number of aromatic nitrogens is 4. The van der Waals surface area contributed by atoms with Gasteiger partial charge >= 0.3 is 0 Å². The number of hydrogen-bond donors (Lipinski definition) is 2. The molecule has 9 rings (SSSR count). The minimum atomic E-state index is 0.885. The average molecular weight is 787 g/mol. The second-order valence-corrected chi connectivity index (χ2v) is 16.3. The lowest BCUT2D eigenvalue weighted by molar-refractivity contribution is 1.13. The Morgan fingerprint density at radius 1 is 0.283 bits per heavy atom. The van der Waals surface area contributed by atoms with Gasteiger partial charge in [-0.1, -0.05) is 48.5 Å². The van der Waals surface area contributed by atoms with Crippen molar-refractivity contribution in [3.05, 3.63) is 144 Å². The molecule has 0 spiro atoms. The third kappa shape index (κ3) is 7.11. The van der Waals surface area contributed by atoms with E-state index in [9.17, 15) is 0 Å². The maximum absolute atomic E-state index is 5.49. The molecule has 2 N–H and O–H groups in total. The van der Waals surface area contributed by atoms with Crippen molar-refractivity contribution in [3.8, 4) is 44.5 Å². The molecule has 0 saturated carbocycles. The highest BCUT2D eigenvalue weighted by Gasteiger charge is 2.19. The molecule has 0 fully saturated rings. The molecule has 5 heterocycles. The van der Waals surface area contributed by atoms with E-state index in [4.69, 9.17) is 9.97 Å². The highest BCUT2D eigenvalue weighted by molar-refractivity contribution is 6.00. The van der Waals surface area contributed by atoms with Gasteiger partial charge in [-0.25, -0.2) is 9.97 Å². The van der Waals surface area contributed by atoms with Gasteiger partial charge in [0.15, 0.2) is 0 Å². The van der Waals surface area contributed by atoms with Crippen LogP contribution in [0.2, 0.25) is 0 Å². The van der Waals surface area contributed by atoms with Crippen molar-refractivity contribution in [1.29, 1.82) is 0 Å². The molecule has 2 aliphatic heterocycles. The first-order chi connectivity index (χ1) is 29.0.